The first kappa shape index (κ1) is 73.4. The number of aromatic nitrogens is 6. The smallest absolute Gasteiger partial charge is 0.194 e. The molecule has 20 aromatic carbocycles. The molecular formula is C118H68N8O. The Morgan fingerprint density at radius 1 is 0.165 bits per heavy atom. The Hall–Kier alpha value is -17.5. The molecule has 9 heteroatoms. The number of hydrogen-bond acceptors (Lipinski definition) is 7. The van der Waals surface area contributed by atoms with Crippen molar-refractivity contribution in [2.75, 3.05) is 0 Å². The average Bonchev–Trinajstić information content (AvgIpc) is 1.55. The van der Waals surface area contributed by atoms with Crippen LogP contribution in [-0.4, -0.2) is 29.9 Å². The fraction of sp³-hybridized carbons (Fsp3) is 0. The highest BCUT2D eigenvalue weighted by molar-refractivity contribution is 6.25. The first-order valence-electron chi connectivity index (χ1n) is 42.5. The molecule has 127 heavy (non-hydrogen) atoms. The van der Waals surface area contributed by atoms with Crippen molar-refractivity contribution in [3.8, 4) is 180 Å². The van der Waals surface area contributed by atoms with Crippen molar-refractivity contribution in [2.24, 2.45) is 0 Å². The highest BCUT2D eigenvalue weighted by Crippen LogP contribution is 2.55. The average molecular weight is 1610 g/mol. The van der Waals surface area contributed by atoms with Crippen molar-refractivity contribution in [1.29, 1.82) is 0 Å². The summed E-state index contributed by atoms with van der Waals surface area (Å²) in [6, 6.07) is 145. The maximum absolute atomic E-state index is 7.72. The molecule has 2 aliphatic rings. The monoisotopic (exact) mass is 1610 g/mol. The summed E-state index contributed by atoms with van der Waals surface area (Å²) in [5.41, 5.74) is 32.3. The topological polar surface area (TPSA) is 99.2 Å². The number of benzene rings is 20. The van der Waals surface area contributed by atoms with Crippen LogP contribution in [0.4, 0.5) is 11.4 Å². The number of furan rings is 1. The van der Waals surface area contributed by atoms with E-state index in [0.29, 0.717) is 46.3 Å². The van der Waals surface area contributed by atoms with E-state index in [4.69, 9.17) is 47.5 Å². The Morgan fingerprint density at radius 2 is 0.433 bits per heavy atom. The van der Waals surface area contributed by atoms with Crippen molar-refractivity contribution in [3.63, 3.8) is 0 Å². The molecule has 0 bridgehead atoms. The molecule has 0 radical (unpaired) electrons. The molecule has 0 aliphatic heterocycles. The molecule has 0 spiro atoms. The van der Waals surface area contributed by atoms with Crippen molar-refractivity contribution in [1.82, 2.24) is 29.9 Å². The zero-order valence-corrected chi connectivity index (χ0v) is 68.2. The van der Waals surface area contributed by atoms with Crippen molar-refractivity contribution in [3.05, 3.63) is 435 Å². The number of fused-ring (bicyclic) bond motifs is 12. The van der Waals surface area contributed by atoms with Crippen LogP contribution >= 0.6 is 0 Å². The first-order valence-corrected chi connectivity index (χ1v) is 42.5. The lowest BCUT2D eigenvalue weighted by Crippen LogP contribution is -2.00. The van der Waals surface area contributed by atoms with Gasteiger partial charge in [-0.2, -0.15) is 0 Å². The minimum atomic E-state index is 0.589. The molecule has 2 aliphatic carbocycles. The van der Waals surface area contributed by atoms with Gasteiger partial charge >= 0.3 is 0 Å². The number of rotatable bonds is 12. The second-order valence-electron chi connectivity index (χ2n) is 32.3. The highest BCUT2D eigenvalue weighted by atomic mass is 16.3. The molecule has 3 heterocycles. The van der Waals surface area contributed by atoms with Gasteiger partial charge in [-0.25, -0.2) is 39.6 Å². The fourth-order valence-electron chi connectivity index (χ4n) is 19.3. The Kier molecular flexibility index (Phi) is 17.5. The Balaban J connectivity index is 0.000000142. The lowest BCUT2D eigenvalue weighted by atomic mass is 9.87. The molecule has 23 aromatic rings. The van der Waals surface area contributed by atoms with E-state index < -0.39 is 0 Å². The Labute approximate surface area is 731 Å². The van der Waals surface area contributed by atoms with Gasteiger partial charge in [-0.3, -0.25) is 0 Å². The van der Waals surface area contributed by atoms with Gasteiger partial charge in [0.1, 0.15) is 11.2 Å². The van der Waals surface area contributed by atoms with E-state index in [1.54, 1.807) is 0 Å². The third-order valence-electron chi connectivity index (χ3n) is 25.3. The summed E-state index contributed by atoms with van der Waals surface area (Å²) in [6.07, 6.45) is 0. The van der Waals surface area contributed by atoms with Crippen LogP contribution in [0.1, 0.15) is 0 Å². The van der Waals surface area contributed by atoms with Gasteiger partial charge in [-0.05, 0) is 189 Å². The molecule has 0 N–H and O–H groups in total. The zero-order chi connectivity index (χ0) is 84.2. The second kappa shape index (κ2) is 30.3. The van der Waals surface area contributed by atoms with E-state index in [0.717, 1.165) is 121 Å². The SMILES string of the molecule is [C-]#[N+]c1cccc2c(-c3ccc(-c4ccc5c6c(ccc(-c7ccc(-c8nc(-c9ccccc9)nc(-c9cccc%10oc%11ccccc%11c9%10)n8)cc7)c46)-c4ccccc4-5)cc3)cccc12.[C-]#[N+]c1cccc2c(-c3ccc4cc(-c5ccc6c7c(ccc(-c8ccc(-c9nc(-c%10ccccc%10)nc(-c%10ccccc%10)n9)cc8)c57)-c5ccccc5-6)ccc4c3)cccc12. The quantitative estimate of drug-likeness (QED) is 0.112. The maximum atomic E-state index is 7.72. The fourth-order valence-corrected chi connectivity index (χ4v) is 19.3. The van der Waals surface area contributed by atoms with Gasteiger partial charge in [-0.1, -0.05) is 388 Å². The molecule has 586 valence electrons. The highest BCUT2D eigenvalue weighted by Gasteiger charge is 2.29. The standard InChI is InChI=1S/C60H34N4O.C58H34N4/c1-61-52-21-10-18-44-41(17-9-19-47(44)52)36-24-26-37(27-25-36)42-32-34-48-45-14-5-6-15-46(45)49-35-33-43(56(42)57(48)49)38-28-30-40(31-29-38)59-62-58(39-12-3-2-4-13-39)63-60(64-59)51-20-11-23-54-55(51)50-16-7-8-22-53(50)65-54;1-59-53-21-11-19-47-44(18-10-20-50(47)53)42-28-26-41-35-43(29-27-40(41)34-42)46-31-33-52-49-17-9-8-16-48(49)51-32-30-45(54(46)55(51)52)36-22-24-39(25-23-36)58-61-56(37-12-4-2-5-13-37)60-57(62-58)38-14-6-3-7-15-38/h2-35H;2-35H. The van der Waals surface area contributed by atoms with Crippen LogP contribution in [0.3, 0.4) is 0 Å². The van der Waals surface area contributed by atoms with Gasteiger partial charge in [0.25, 0.3) is 0 Å². The molecule has 9 nitrogen and oxygen atoms in total. The van der Waals surface area contributed by atoms with Gasteiger partial charge in [0.05, 0.1) is 13.1 Å². The minimum absolute atomic E-state index is 0.589. The summed E-state index contributed by atoms with van der Waals surface area (Å²) in [7, 11) is 0. The Morgan fingerprint density at radius 3 is 0.850 bits per heavy atom. The predicted octanol–water partition coefficient (Wildman–Crippen LogP) is 31.8. The third kappa shape index (κ3) is 12.5. The van der Waals surface area contributed by atoms with Crippen LogP contribution in [0.2, 0.25) is 0 Å². The molecule has 0 saturated heterocycles. The van der Waals surface area contributed by atoms with Crippen LogP contribution in [0.15, 0.2) is 417 Å². The van der Waals surface area contributed by atoms with Gasteiger partial charge in [0.2, 0.25) is 0 Å². The van der Waals surface area contributed by atoms with Crippen molar-refractivity contribution >= 4 is 87.2 Å². The van der Waals surface area contributed by atoms with E-state index in [9.17, 15) is 0 Å². The minimum Gasteiger partial charge on any atom is -0.456 e. The molecule has 0 fully saturated rings. The van der Waals surface area contributed by atoms with E-state index in [1.165, 1.54) is 99.1 Å². The van der Waals surface area contributed by atoms with Gasteiger partial charge in [0.15, 0.2) is 46.3 Å². The van der Waals surface area contributed by atoms with E-state index >= 15 is 0 Å². The summed E-state index contributed by atoms with van der Waals surface area (Å²) < 4.78 is 6.27. The molecule has 0 saturated carbocycles. The molecule has 25 rings (SSSR count). The zero-order valence-electron chi connectivity index (χ0n) is 68.2. The van der Waals surface area contributed by atoms with Crippen LogP contribution in [-0.2, 0) is 0 Å². The Bertz CT molecular complexity index is 8450. The summed E-state index contributed by atoms with van der Waals surface area (Å²) in [5, 5.41) is 13.5. The molecular weight excluding hydrogens is 1550 g/mol. The molecule has 0 unspecified atom stereocenters. The lowest BCUT2D eigenvalue weighted by Gasteiger charge is -2.16. The van der Waals surface area contributed by atoms with Gasteiger partial charge < -0.3 is 4.42 Å². The normalized spacial score (nSPS) is 11.6. The van der Waals surface area contributed by atoms with E-state index in [1.807, 2.05) is 164 Å². The molecule has 3 aromatic heterocycles. The van der Waals surface area contributed by atoms with E-state index in [-0.39, 0.29) is 0 Å². The summed E-state index contributed by atoms with van der Waals surface area (Å²) >= 11 is 0. The third-order valence-corrected chi connectivity index (χ3v) is 25.3. The van der Waals surface area contributed by atoms with Crippen molar-refractivity contribution < 1.29 is 4.42 Å². The van der Waals surface area contributed by atoms with Crippen LogP contribution in [0, 0.1) is 13.1 Å². The lowest BCUT2D eigenvalue weighted by molar-refractivity contribution is 0.669. The summed E-state index contributed by atoms with van der Waals surface area (Å²) in [5.74, 6) is 3.71. The largest absolute Gasteiger partial charge is 0.456 e. The van der Waals surface area contributed by atoms with Crippen LogP contribution < -0.4 is 0 Å². The van der Waals surface area contributed by atoms with Crippen LogP contribution in [0.5, 0.6) is 0 Å². The summed E-state index contributed by atoms with van der Waals surface area (Å²) in [6.45, 7) is 15.4. The number of para-hydroxylation sites is 1. The van der Waals surface area contributed by atoms with E-state index in [2.05, 4.69) is 258 Å². The van der Waals surface area contributed by atoms with Gasteiger partial charge in [-0.15, -0.1) is 0 Å². The molecule has 0 atom stereocenters. The number of nitrogens with zero attached hydrogens (tertiary/aromatic N) is 8. The number of hydrogen-bond donors (Lipinski definition) is 0. The second-order valence-corrected chi connectivity index (χ2v) is 32.3. The van der Waals surface area contributed by atoms with Gasteiger partial charge in [0, 0.05) is 44.2 Å². The van der Waals surface area contributed by atoms with Crippen molar-refractivity contribution in [2.45, 2.75) is 0 Å². The maximum Gasteiger partial charge on any atom is 0.194 e. The first-order chi connectivity index (χ1) is 62.9. The summed E-state index contributed by atoms with van der Waals surface area (Å²) in [4.78, 5) is 37.8. The molecule has 0 amide bonds. The van der Waals surface area contributed by atoms with Crippen LogP contribution in [0.25, 0.3) is 265 Å². The predicted molar refractivity (Wildman–Crippen MR) is 521 cm³/mol.